The largest absolute Gasteiger partial charge is 0.493 e. The van der Waals surface area contributed by atoms with Gasteiger partial charge < -0.3 is 30.3 Å². The predicted molar refractivity (Wildman–Crippen MR) is 160 cm³/mol. The van der Waals surface area contributed by atoms with Gasteiger partial charge in [0, 0.05) is 44.4 Å². The van der Waals surface area contributed by atoms with E-state index in [0.29, 0.717) is 37.1 Å². The number of aromatic nitrogens is 1. The van der Waals surface area contributed by atoms with Gasteiger partial charge in [0.25, 0.3) is 11.8 Å². The average Bonchev–Trinajstić information content (AvgIpc) is 3.04. The topological polar surface area (TPSA) is 139 Å². The van der Waals surface area contributed by atoms with Crippen molar-refractivity contribution in [3.63, 3.8) is 0 Å². The summed E-state index contributed by atoms with van der Waals surface area (Å²) in [6, 6.07) is 13.1. The minimum absolute atomic E-state index is 0.0337. The summed E-state index contributed by atoms with van der Waals surface area (Å²) in [6.45, 7) is 2.66. The molecule has 0 unspecified atom stereocenters. The number of fused-ring (bicyclic) bond motifs is 16. The number of carbonyl (C=O) groups excluding carboxylic acids is 4. The molecule has 1 atom stereocenters. The normalized spacial score (nSPS) is 17.1. The highest BCUT2D eigenvalue weighted by molar-refractivity contribution is 5.95. The molecule has 2 aliphatic rings. The zero-order valence-electron chi connectivity index (χ0n) is 24.7. The quantitative estimate of drug-likeness (QED) is 0.415. The van der Waals surface area contributed by atoms with E-state index in [2.05, 4.69) is 20.9 Å². The third kappa shape index (κ3) is 8.52. The number of carbonyl (C=O) groups is 4. The van der Waals surface area contributed by atoms with Crippen LogP contribution in [0.4, 0.5) is 4.39 Å². The molecule has 0 fully saturated rings. The Bertz CT molecular complexity index is 1490. The monoisotopic (exact) mass is 605 g/mol. The summed E-state index contributed by atoms with van der Waals surface area (Å²) in [4.78, 5) is 57.4. The second-order valence-corrected chi connectivity index (χ2v) is 10.2. The number of amides is 4. The standard InChI is InChI=1S/C32H36FN5O6/c1-3-24-31(41)36-20-21-10-12-26(23(33)18-21)44-28-19-22(11-13-27(28)43-2)30(40)35-15-7-17-38(16-6-9-29(39)37-24)32(42)25-8-4-5-14-34-25/h4-5,8,10-14,18-19,24H,3,6-7,9,15-17,20H2,1-2H3,(H,35,40)(H,36,41)(H,37,39)/t24-/m0/s1. The summed E-state index contributed by atoms with van der Waals surface area (Å²) < 4.78 is 26.1. The van der Waals surface area contributed by atoms with E-state index in [4.69, 9.17) is 9.47 Å². The van der Waals surface area contributed by atoms with Crippen molar-refractivity contribution in [2.45, 2.75) is 45.2 Å². The average molecular weight is 606 g/mol. The number of rotatable bonds is 3. The van der Waals surface area contributed by atoms with Gasteiger partial charge in [-0.1, -0.05) is 19.1 Å². The molecule has 0 radical (unpaired) electrons. The van der Waals surface area contributed by atoms with E-state index in [1.165, 1.54) is 31.5 Å². The van der Waals surface area contributed by atoms with Crippen LogP contribution >= 0.6 is 0 Å². The van der Waals surface area contributed by atoms with Crippen LogP contribution in [0.25, 0.3) is 0 Å². The number of pyridine rings is 1. The fourth-order valence-electron chi connectivity index (χ4n) is 4.66. The molecule has 0 aliphatic carbocycles. The number of hydrogen-bond acceptors (Lipinski definition) is 7. The van der Waals surface area contributed by atoms with Gasteiger partial charge in [-0.15, -0.1) is 0 Å². The Hall–Kier alpha value is -5.00. The Morgan fingerprint density at radius 2 is 1.86 bits per heavy atom. The fourth-order valence-corrected chi connectivity index (χ4v) is 4.66. The van der Waals surface area contributed by atoms with E-state index in [1.807, 2.05) is 0 Å². The first-order valence-corrected chi connectivity index (χ1v) is 14.5. The van der Waals surface area contributed by atoms with Crippen molar-refractivity contribution < 1.29 is 33.0 Å². The van der Waals surface area contributed by atoms with Crippen molar-refractivity contribution in [1.29, 1.82) is 0 Å². The van der Waals surface area contributed by atoms with E-state index in [9.17, 15) is 23.6 Å². The number of methoxy groups -OCH3 is 1. The van der Waals surface area contributed by atoms with Crippen LogP contribution in [0.2, 0.25) is 0 Å². The Morgan fingerprint density at radius 3 is 2.59 bits per heavy atom. The minimum atomic E-state index is -0.772. The molecule has 3 N–H and O–H groups in total. The van der Waals surface area contributed by atoms with Gasteiger partial charge in [0.05, 0.1) is 7.11 Å². The lowest BCUT2D eigenvalue weighted by Gasteiger charge is -2.23. The van der Waals surface area contributed by atoms with E-state index in [1.54, 1.807) is 48.2 Å². The first-order valence-electron chi connectivity index (χ1n) is 14.5. The Morgan fingerprint density at radius 1 is 1.05 bits per heavy atom. The van der Waals surface area contributed by atoms with Crippen molar-refractivity contribution in [2.24, 2.45) is 0 Å². The molecule has 232 valence electrons. The first kappa shape index (κ1) is 31.9. The van der Waals surface area contributed by atoms with Crippen molar-refractivity contribution in [2.75, 3.05) is 26.7 Å². The highest BCUT2D eigenvalue weighted by Crippen LogP contribution is 2.34. The van der Waals surface area contributed by atoms with Crippen LogP contribution in [-0.4, -0.2) is 66.3 Å². The van der Waals surface area contributed by atoms with E-state index < -0.39 is 17.8 Å². The zero-order chi connectivity index (χ0) is 31.5. The molecule has 11 nitrogen and oxygen atoms in total. The Kier molecular flexibility index (Phi) is 11.2. The van der Waals surface area contributed by atoms with Gasteiger partial charge in [0.15, 0.2) is 23.1 Å². The molecule has 1 aromatic heterocycles. The van der Waals surface area contributed by atoms with Gasteiger partial charge in [-0.3, -0.25) is 24.2 Å². The van der Waals surface area contributed by atoms with Gasteiger partial charge >= 0.3 is 0 Å². The minimum Gasteiger partial charge on any atom is -0.493 e. The molecule has 0 saturated carbocycles. The van der Waals surface area contributed by atoms with Crippen LogP contribution in [0.5, 0.6) is 17.2 Å². The van der Waals surface area contributed by atoms with Crippen molar-refractivity contribution >= 4 is 23.6 Å². The fraction of sp³-hybridized carbons (Fsp3) is 0.344. The SMILES string of the molecule is CC[C@@H]1NC(=O)CCCN(C(=O)c2ccccn2)CCCNC(=O)c2ccc(OC)c(c2)Oc2ccc(cc2F)CNC1=O. The van der Waals surface area contributed by atoms with Crippen LogP contribution in [0.3, 0.4) is 0 Å². The van der Waals surface area contributed by atoms with Crippen molar-refractivity contribution in [1.82, 2.24) is 25.8 Å². The lowest BCUT2D eigenvalue weighted by atomic mass is 10.1. The van der Waals surface area contributed by atoms with E-state index in [-0.39, 0.29) is 66.5 Å². The molecular weight excluding hydrogens is 569 g/mol. The lowest BCUT2D eigenvalue weighted by molar-refractivity contribution is -0.129. The lowest BCUT2D eigenvalue weighted by Crippen LogP contribution is -2.46. The molecule has 0 saturated heterocycles. The summed E-state index contributed by atoms with van der Waals surface area (Å²) in [6.07, 6.45) is 2.78. The molecule has 4 amide bonds. The molecule has 4 bridgehead atoms. The second-order valence-electron chi connectivity index (χ2n) is 10.2. The summed E-state index contributed by atoms with van der Waals surface area (Å²) in [5, 5.41) is 8.31. The maximum Gasteiger partial charge on any atom is 0.272 e. The number of ether oxygens (including phenoxy) is 2. The molecule has 0 spiro atoms. The summed E-state index contributed by atoms with van der Waals surface area (Å²) in [5.74, 6) is -1.70. The van der Waals surface area contributed by atoms with Crippen LogP contribution in [0.1, 0.15) is 59.0 Å². The van der Waals surface area contributed by atoms with E-state index in [0.717, 1.165) is 0 Å². The number of benzene rings is 2. The molecule has 3 aromatic rings. The van der Waals surface area contributed by atoms with Crippen LogP contribution < -0.4 is 25.4 Å². The molecule has 44 heavy (non-hydrogen) atoms. The smallest absolute Gasteiger partial charge is 0.272 e. The second kappa shape index (κ2) is 15.5. The van der Waals surface area contributed by atoms with Gasteiger partial charge in [-0.25, -0.2) is 4.39 Å². The van der Waals surface area contributed by atoms with Crippen molar-refractivity contribution in [3.8, 4) is 17.2 Å². The number of nitrogens with zero attached hydrogens (tertiary/aromatic N) is 2. The van der Waals surface area contributed by atoms with Gasteiger partial charge in [0.1, 0.15) is 11.7 Å². The highest BCUT2D eigenvalue weighted by Gasteiger charge is 2.21. The molecule has 5 rings (SSSR count). The third-order valence-electron chi connectivity index (χ3n) is 7.06. The number of halogens is 1. The summed E-state index contributed by atoms with van der Waals surface area (Å²) in [5.41, 5.74) is 1.04. The van der Waals surface area contributed by atoms with Gasteiger partial charge in [-0.2, -0.15) is 0 Å². The van der Waals surface area contributed by atoms with Crippen molar-refractivity contribution in [3.05, 3.63) is 83.4 Å². The molecule has 12 heteroatoms. The molecule has 2 aromatic carbocycles. The molecule has 2 aliphatic heterocycles. The van der Waals surface area contributed by atoms with E-state index >= 15 is 0 Å². The highest BCUT2D eigenvalue weighted by atomic mass is 19.1. The van der Waals surface area contributed by atoms with Crippen LogP contribution in [0, 0.1) is 5.82 Å². The Labute approximate surface area is 255 Å². The van der Waals surface area contributed by atoms with Crippen LogP contribution in [0.15, 0.2) is 60.8 Å². The maximum absolute atomic E-state index is 15.0. The number of hydrogen-bond donors (Lipinski definition) is 3. The number of nitrogens with one attached hydrogen (secondary N) is 3. The van der Waals surface area contributed by atoms with Crippen LogP contribution in [-0.2, 0) is 16.1 Å². The molecule has 3 heterocycles. The predicted octanol–water partition coefficient (Wildman–Crippen LogP) is 3.59. The zero-order valence-corrected chi connectivity index (χ0v) is 24.7. The summed E-state index contributed by atoms with van der Waals surface area (Å²) in [7, 11) is 1.44. The summed E-state index contributed by atoms with van der Waals surface area (Å²) >= 11 is 0. The first-order chi connectivity index (χ1) is 21.3. The molecular formula is C32H36FN5O6. The maximum atomic E-state index is 15.0. The van der Waals surface area contributed by atoms with Gasteiger partial charge in [-0.05, 0) is 67.3 Å². The third-order valence-corrected chi connectivity index (χ3v) is 7.06. The Balaban J connectivity index is 1.56. The van der Waals surface area contributed by atoms with Gasteiger partial charge in [0.2, 0.25) is 11.8 Å².